The summed E-state index contributed by atoms with van der Waals surface area (Å²) in [5.41, 5.74) is 1.13. The Morgan fingerprint density at radius 3 is 2.88 bits per heavy atom. The van der Waals surface area contributed by atoms with Crippen LogP contribution in [0.1, 0.15) is 26.0 Å². The van der Waals surface area contributed by atoms with Crippen LogP contribution >= 0.6 is 0 Å². The average molecular weight is 221 g/mol. The van der Waals surface area contributed by atoms with E-state index in [0.717, 1.165) is 37.5 Å². The molecule has 1 heterocycles. The van der Waals surface area contributed by atoms with E-state index in [4.69, 9.17) is 0 Å². The fraction of sp³-hybridized carbons (Fsp3) is 0.615. The molecule has 0 amide bonds. The molecule has 0 fully saturated rings. The third kappa shape index (κ3) is 5.71. The molecular formula is C13H23N3. The van der Waals surface area contributed by atoms with E-state index < -0.39 is 0 Å². The Morgan fingerprint density at radius 2 is 2.25 bits per heavy atom. The van der Waals surface area contributed by atoms with Crippen molar-refractivity contribution in [2.75, 3.05) is 13.1 Å². The van der Waals surface area contributed by atoms with Crippen molar-refractivity contribution < 1.29 is 0 Å². The first-order valence-corrected chi connectivity index (χ1v) is 6.02. The predicted octanol–water partition coefficient (Wildman–Crippen LogP) is 2.15. The fourth-order valence-electron chi connectivity index (χ4n) is 1.47. The van der Waals surface area contributed by atoms with Crippen molar-refractivity contribution in [1.29, 1.82) is 0 Å². The summed E-state index contributed by atoms with van der Waals surface area (Å²) >= 11 is 0. The first kappa shape index (κ1) is 13.0. The minimum absolute atomic E-state index is 0.734. The van der Waals surface area contributed by atoms with E-state index in [9.17, 15) is 0 Å². The standard InChI is InChI=1S/C13H23N3/c1-12(2)11-14-9-6-4-5-7-13-8-10-16(3)15-13/h4-5,8,10,12,14H,6-7,9,11H2,1-3H3/b5-4+. The van der Waals surface area contributed by atoms with Gasteiger partial charge in [0.1, 0.15) is 0 Å². The summed E-state index contributed by atoms with van der Waals surface area (Å²) in [6, 6.07) is 2.06. The van der Waals surface area contributed by atoms with Crippen molar-refractivity contribution in [2.24, 2.45) is 13.0 Å². The SMILES string of the molecule is CC(C)CNCC/C=C/Cc1ccn(C)n1. The second kappa shape index (κ2) is 7.23. The average Bonchev–Trinajstić information content (AvgIpc) is 2.62. The lowest BCUT2D eigenvalue weighted by Gasteiger charge is -2.04. The summed E-state index contributed by atoms with van der Waals surface area (Å²) in [4.78, 5) is 0. The number of nitrogens with zero attached hydrogens (tertiary/aromatic N) is 2. The van der Waals surface area contributed by atoms with Gasteiger partial charge in [-0.3, -0.25) is 4.68 Å². The van der Waals surface area contributed by atoms with Crippen LogP contribution in [0.4, 0.5) is 0 Å². The number of aryl methyl sites for hydroxylation is 1. The zero-order chi connectivity index (χ0) is 11.8. The Balaban J connectivity index is 2.05. The van der Waals surface area contributed by atoms with Gasteiger partial charge >= 0.3 is 0 Å². The Labute approximate surface area is 98.5 Å². The maximum atomic E-state index is 4.32. The minimum Gasteiger partial charge on any atom is -0.316 e. The van der Waals surface area contributed by atoms with Crippen LogP contribution in [-0.4, -0.2) is 22.9 Å². The van der Waals surface area contributed by atoms with Crippen LogP contribution in [0.25, 0.3) is 0 Å². The second-order valence-electron chi connectivity index (χ2n) is 4.54. The summed E-state index contributed by atoms with van der Waals surface area (Å²) < 4.78 is 1.84. The first-order valence-electron chi connectivity index (χ1n) is 6.02. The van der Waals surface area contributed by atoms with Gasteiger partial charge in [-0.25, -0.2) is 0 Å². The lowest BCUT2D eigenvalue weighted by Crippen LogP contribution is -2.20. The van der Waals surface area contributed by atoms with Crippen LogP contribution in [0, 0.1) is 5.92 Å². The highest BCUT2D eigenvalue weighted by atomic mass is 15.2. The van der Waals surface area contributed by atoms with Crippen molar-refractivity contribution in [3.8, 4) is 0 Å². The number of allylic oxidation sites excluding steroid dienone is 1. The van der Waals surface area contributed by atoms with Gasteiger partial charge in [0, 0.05) is 19.7 Å². The van der Waals surface area contributed by atoms with Crippen molar-refractivity contribution in [3.05, 3.63) is 30.1 Å². The molecule has 0 aliphatic heterocycles. The van der Waals surface area contributed by atoms with Gasteiger partial charge in [0.25, 0.3) is 0 Å². The lowest BCUT2D eigenvalue weighted by molar-refractivity contribution is 0.556. The third-order valence-electron chi connectivity index (χ3n) is 2.30. The maximum absolute atomic E-state index is 4.32. The molecule has 0 aliphatic carbocycles. The Morgan fingerprint density at radius 1 is 1.44 bits per heavy atom. The molecule has 1 N–H and O–H groups in total. The van der Waals surface area contributed by atoms with Crippen LogP contribution in [-0.2, 0) is 13.5 Å². The van der Waals surface area contributed by atoms with Crippen LogP contribution in [0.2, 0.25) is 0 Å². The zero-order valence-electron chi connectivity index (χ0n) is 10.6. The molecule has 0 spiro atoms. The van der Waals surface area contributed by atoms with Crippen LogP contribution in [0.3, 0.4) is 0 Å². The Kier molecular flexibility index (Phi) is 5.86. The van der Waals surface area contributed by atoms with Crippen LogP contribution in [0.5, 0.6) is 0 Å². The number of rotatable bonds is 7. The quantitative estimate of drug-likeness (QED) is 0.565. The third-order valence-corrected chi connectivity index (χ3v) is 2.30. The fourth-order valence-corrected chi connectivity index (χ4v) is 1.47. The molecule has 0 unspecified atom stereocenters. The van der Waals surface area contributed by atoms with E-state index in [1.54, 1.807) is 0 Å². The zero-order valence-corrected chi connectivity index (χ0v) is 10.6. The summed E-state index contributed by atoms with van der Waals surface area (Å²) in [6.45, 7) is 6.62. The molecule has 1 rings (SSSR count). The highest BCUT2D eigenvalue weighted by Crippen LogP contribution is 1.97. The molecule has 0 radical (unpaired) electrons. The topological polar surface area (TPSA) is 29.9 Å². The summed E-state index contributed by atoms with van der Waals surface area (Å²) in [6.07, 6.45) is 8.43. The molecule has 0 bridgehead atoms. The smallest absolute Gasteiger partial charge is 0.0662 e. The highest BCUT2D eigenvalue weighted by molar-refractivity contribution is 5.04. The molecule has 1 aromatic rings. The summed E-state index contributed by atoms with van der Waals surface area (Å²) in [5.74, 6) is 0.734. The predicted molar refractivity (Wildman–Crippen MR) is 68.4 cm³/mol. The summed E-state index contributed by atoms with van der Waals surface area (Å²) in [5, 5.41) is 7.73. The Bertz CT molecular complexity index is 313. The molecule has 0 aromatic carbocycles. The summed E-state index contributed by atoms with van der Waals surface area (Å²) in [7, 11) is 1.95. The molecule has 0 saturated heterocycles. The van der Waals surface area contributed by atoms with Crippen LogP contribution < -0.4 is 5.32 Å². The van der Waals surface area contributed by atoms with Gasteiger partial charge in [-0.15, -0.1) is 0 Å². The molecule has 3 nitrogen and oxygen atoms in total. The van der Waals surface area contributed by atoms with Crippen molar-refractivity contribution in [1.82, 2.24) is 15.1 Å². The van der Waals surface area contributed by atoms with E-state index in [1.807, 2.05) is 17.9 Å². The van der Waals surface area contributed by atoms with Gasteiger partial charge in [0.05, 0.1) is 5.69 Å². The number of nitrogens with one attached hydrogen (secondary N) is 1. The normalized spacial score (nSPS) is 11.8. The monoisotopic (exact) mass is 221 g/mol. The van der Waals surface area contributed by atoms with Gasteiger partial charge in [-0.05, 0) is 31.5 Å². The first-order chi connectivity index (χ1) is 7.68. The van der Waals surface area contributed by atoms with Gasteiger partial charge in [-0.2, -0.15) is 5.10 Å². The van der Waals surface area contributed by atoms with Gasteiger partial charge in [-0.1, -0.05) is 26.0 Å². The molecule has 0 aliphatic rings. The molecular weight excluding hydrogens is 198 g/mol. The lowest BCUT2D eigenvalue weighted by atomic mass is 10.2. The van der Waals surface area contributed by atoms with E-state index in [0.29, 0.717) is 0 Å². The minimum atomic E-state index is 0.734. The molecule has 90 valence electrons. The number of aromatic nitrogens is 2. The van der Waals surface area contributed by atoms with E-state index in [2.05, 4.69) is 42.5 Å². The molecule has 1 aromatic heterocycles. The number of hydrogen-bond acceptors (Lipinski definition) is 2. The molecule has 0 atom stereocenters. The largest absolute Gasteiger partial charge is 0.316 e. The highest BCUT2D eigenvalue weighted by Gasteiger charge is 1.92. The maximum Gasteiger partial charge on any atom is 0.0662 e. The molecule has 16 heavy (non-hydrogen) atoms. The number of hydrogen-bond donors (Lipinski definition) is 1. The van der Waals surface area contributed by atoms with Gasteiger partial charge in [0.15, 0.2) is 0 Å². The van der Waals surface area contributed by atoms with Crippen molar-refractivity contribution in [3.63, 3.8) is 0 Å². The molecule has 0 saturated carbocycles. The van der Waals surface area contributed by atoms with Gasteiger partial charge < -0.3 is 5.32 Å². The van der Waals surface area contributed by atoms with Crippen molar-refractivity contribution in [2.45, 2.75) is 26.7 Å². The van der Waals surface area contributed by atoms with Gasteiger partial charge in [0.2, 0.25) is 0 Å². The Hall–Kier alpha value is -1.09. The van der Waals surface area contributed by atoms with E-state index in [1.165, 1.54) is 0 Å². The van der Waals surface area contributed by atoms with Crippen LogP contribution in [0.15, 0.2) is 24.4 Å². The molecule has 3 heteroatoms. The van der Waals surface area contributed by atoms with Crippen molar-refractivity contribution >= 4 is 0 Å². The van der Waals surface area contributed by atoms with E-state index in [-0.39, 0.29) is 0 Å². The van der Waals surface area contributed by atoms with E-state index >= 15 is 0 Å². The second-order valence-corrected chi connectivity index (χ2v) is 4.54.